The number of benzene rings is 1. The van der Waals surface area contributed by atoms with Crippen LogP contribution in [0.5, 0.6) is 17.2 Å². The van der Waals surface area contributed by atoms with Crippen molar-refractivity contribution in [1.82, 2.24) is 0 Å². The molecule has 0 radical (unpaired) electrons. The molecule has 0 aliphatic rings. The van der Waals surface area contributed by atoms with Crippen LogP contribution in [-0.4, -0.2) is 31.6 Å². The second-order valence-electron chi connectivity index (χ2n) is 5.00. The molecule has 0 atom stereocenters. The van der Waals surface area contributed by atoms with Crippen LogP contribution < -0.4 is 14.9 Å². The molecule has 8 heteroatoms. The molecule has 0 fully saturated rings. The number of esters is 1. The van der Waals surface area contributed by atoms with E-state index in [-0.39, 0.29) is 17.9 Å². The van der Waals surface area contributed by atoms with Crippen molar-refractivity contribution in [3.05, 3.63) is 57.6 Å². The van der Waals surface area contributed by atoms with Gasteiger partial charge in [-0.3, -0.25) is 9.59 Å². The summed E-state index contributed by atoms with van der Waals surface area (Å²) in [5.41, 5.74) is 0.160. The van der Waals surface area contributed by atoms with Gasteiger partial charge in [0.2, 0.25) is 5.43 Å². The van der Waals surface area contributed by atoms with E-state index in [0.29, 0.717) is 23.3 Å². The highest BCUT2D eigenvalue weighted by atomic mass is 16.5. The zero-order valence-corrected chi connectivity index (χ0v) is 14.1. The Morgan fingerprint density at radius 2 is 2.00 bits per heavy atom. The van der Waals surface area contributed by atoms with Crippen LogP contribution in [0.2, 0.25) is 0 Å². The first-order valence-corrected chi connectivity index (χ1v) is 7.35. The zero-order valence-electron chi connectivity index (χ0n) is 14.1. The van der Waals surface area contributed by atoms with Crippen LogP contribution in [-0.2, 0) is 16.1 Å². The molecule has 1 N–H and O–H groups in total. The average Bonchev–Trinajstić information content (AvgIpc) is 2.66. The Hall–Kier alpha value is -3.55. The van der Waals surface area contributed by atoms with Crippen LogP contribution >= 0.6 is 0 Å². The van der Waals surface area contributed by atoms with Crippen LogP contribution in [0.25, 0.3) is 6.08 Å². The summed E-state index contributed by atoms with van der Waals surface area (Å²) >= 11 is 0. The third-order valence-electron chi connectivity index (χ3n) is 3.29. The maximum atomic E-state index is 11.8. The molecule has 0 spiro atoms. The van der Waals surface area contributed by atoms with Gasteiger partial charge in [0, 0.05) is 12.1 Å². The average molecular weight is 360 g/mol. The first kappa shape index (κ1) is 18.8. The first-order chi connectivity index (χ1) is 12.5. The fraction of sp³-hybridized carbons (Fsp3) is 0.167. The third-order valence-corrected chi connectivity index (χ3v) is 3.29. The molecular formula is C18H16O8. The maximum Gasteiger partial charge on any atom is 0.331 e. The minimum Gasteiger partial charge on any atom is -0.502 e. The summed E-state index contributed by atoms with van der Waals surface area (Å²) in [6.07, 6.45) is 4.06. The lowest BCUT2D eigenvalue weighted by molar-refractivity contribution is -0.139. The highest BCUT2D eigenvalue weighted by Gasteiger charge is 2.11. The van der Waals surface area contributed by atoms with Crippen molar-refractivity contribution in [2.24, 2.45) is 0 Å². The summed E-state index contributed by atoms with van der Waals surface area (Å²) in [6.45, 7) is -0.274. The Labute approximate surface area is 148 Å². The second-order valence-corrected chi connectivity index (χ2v) is 5.00. The van der Waals surface area contributed by atoms with Crippen molar-refractivity contribution >= 4 is 18.3 Å². The molecule has 0 bridgehead atoms. The number of rotatable bonds is 7. The van der Waals surface area contributed by atoms with E-state index < -0.39 is 17.1 Å². The van der Waals surface area contributed by atoms with Gasteiger partial charge in [0.15, 0.2) is 23.5 Å². The van der Waals surface area contributed by atoms with Gasteiger partial charge in [0.1, 0.15) is 18.6 Å². The van der Waals surface area contributed by atoms with Gasteiger partial charge in [-0.05, 0) is 23.8 Å². The Morgan fingerprint density at radius 1 is 1.23 bits per heavy atom. The van der Waals surface area contributed by atoms with E-state index in [4.69, 9.17) is 23.7 Å². The van der Waals surface area contributed by atoms with E-state index in [1.165, 1.54) is 26.4 Å². The molecule has 0 saturated heterocycles. The van der Waals surface area contributed by atoms with E-state index in [0.717, 1.165) is 18.4 Å². The Kier molecular flexibility index (Phi) is 6.15. The Bertz CT molecular complexity index is 895. The third kappa shape index (κ3) is 4.50. The molecule has 0 saturated carbocycles. The van der Waals surface area contributed by atoms with Crippen molar-refractivity contribution < 1.29 is 33.3 Å². The Balaban J connectivity index is 2.08. The van der Waals surface area contributed by atoms with Crippen LogP contribution in [0.15, 0.2) is 39.7 Å². The molecule has 1 aromatic carbocycles. The summed E-state index contributed by atoms with van der Waals surface area (Å²) in [5, 5.41) is 9.09. The summed E-state index contributed by atoms with van der Waals surface area (Å²) in [7, 11) is 2.85. The highest BCUT2D eigenvalue weighted by molar-refractivity contribution is 5.88. The van der Waals surface area contributed by atoms with Crippen LogP contribution in [0.3, 0.4) is 0 Å². The lowest BCUT2D eigenvalue weighted by Crippen LogP contribution is -2.04. The predicted octanol–water partition coefficient (Wildman–Crippen LogP) is 1.93. The van der Waals surface area contributed by atoms with Crippen LogP contribution in [0.4, 0.5) is 0 Å². The van der Waals surface area contributed by atoms with E-state index >= 15 is 0 Å². The normalized spacial score (nSPS) is 10.5. The highest BCUT2D eigenvalue weighted by Crippen LogP contribution is 2.32. The number of aldehydes is 1. The molecular weight excluding hydrogens is 344 g/mol. The van der Waals surface area contributed by atoms with E-state index in [2.05, 4.69) is 0 Å². The van der Waals surface area contributed by atoms with Crippen molar-refractivity contribution in [2.45, 2.75) is 6.61 Å². The number of aromatic hydroxyl groups is 1. The van der Waals surface area contributed by atoms with Gasteiger partial charge in [0.25, 0.3) is 0 Å². The topological polar surface area (TPSA) is 112 Å². The fourth-order valence-electron chi connectivity index (χ4n) is 2.07. The van der Waals surface area contributed by atoms with Gasteiger partial charge >= 0.3 is 5.97 Å². The van der Waals surface area contributed by atoms with E-state index in [1.807, 2.05) is 0 Å². The number of carbonyl (C=O) groups excluding carboxylic acids is 2. The van der Waals surface area contributed by atoms with Gasteiger partial charge in [-0.1, -0.05) is 0 Å². The van der Waals surface area contributed by atoms with Crippen LogP contribution in [0.1, 0.15) is 21.7 Å². The minimum absolute atomic E-state index is 0.0870. The molecule has 136 valence electrons. The second kappa shape index (κ2) is 8.52. The number of methoxy groups -OCH3 is 2. The fourth-order valence-corrected chi connectivity index (χ4v) is 2.07. The number of ether oxygens (including phenoxy) is 3. The lowest BCUT2D eigenvalue weighted by Gasteiger charge is -2.10. The molecule has 1 aromatic heterocycles. The maximum absolute atomic E-state index is 11.8. The number of hydrogen-bond donors (Lipinski definition) is 1. The van der Waals surface area contributed by atoms with E-state index in [1.54, 1.807) is 6.07 Å². The first-order valence-electron chi connectivity index (χ1n) is 7.35. The van der Waals surface area contributed by atoms with Gasteiger partial charge < -0.3 is 23.7 Å². The summed E-state index contributed by atoms with van der Waals surface area (Å²) in [5.74, 6) is -0.493. The van der Waals surface area contributed by atoms with Gasteiger partial charge in [-0.25, -0.2) is 4.79 Å². The predicted molar refractivity (Wildman–Crippen MR) is 90.4 cm³/mol. The summed E-state index contributed by atoms with van der Waals surface area (Å²) in [4.78, 5) is 34.2. The molecule has 26 heavy (non-hydrogen) atoms. The van der Waals surface area contributed by atoms with Crippen molar-refractivity contribution in [1.29, 1.82) is 0 Å². The molecule has 8 nitrogen and oxygen atoms in total. The van der Waals surface area contributed by atoms with Gasteiger partial charge in [-0.2, -0.15) is 0 Å². The SMILES string of the molecule is COc1cc(/C=C/C(=O)OCc2cc(=O)c(O)co2)cc(C=O)c1OC. The van der Waals surface area contributed by atoms with Crippen LogP contribution in [0, 0.1) is 0 Å². The lowest BCUT2D eigenvalue weighted by atomic mass is 10.1. The smallest absolute Gasteiger partial charge is 0.331 e. The van der Waals surface area contributed by atoms with Gasteiger partial charge in [-0.15, -0.1) is 0 Å². The zero-order chi connectivity index (χ0) is 19.1. The summed E-state index contributed by atoms with van der Waals surface area (Å²) < 4.78 is 20.1. The quantitative estimate of drug-likeness (QED) is 0.453. The number of carbonyl (C=O) groups is 2. The van der Waals surface area contributed by atoms with Gasteiger partial charge in [0.05, 0.1) is 19.8 Å². The number of hydrogen-bond acceptors (Lipinski definition) is 8. The molecule has 0 amide bonds. The largest absolute Gasteiger partial charge is 0.502 e. The molecule has 1 heterocycles. The van der Waals surface area contributed by atoms with E-state index in [9.17, 15) is 14.4 Å². The van der Waals surface area contributed by atoms with Crippen molar-refractivity contribution in [3.63, 3.8) is 0 Å². The molecule has 0 aliphatic heterocycles. The van der Waals surface area contributed by atoms with Crippen molar-refractivity contribution in [2.75, 3.05) is 14.2 Å². The monoisotopic (exact) mass is 360 g/mol. The Morgan fingerprint density at radius 3 is 2.62 bits per heavy atom. The minimum atomic E-state index is -0.692. The van der Waals surface area contributed by atoms with Crippen molar-refractivity contribution in [3.8, 4) is 17.2 Å². The molecule has 0 aliphatic carbocycles. The standard InChI is InChI=1S/C18H16O8/c1-23-16-6-11(5-12(8-19)18(16)24-2)3-4-17(22)26-9-13-7-14(20)15(21)10-25-13/h3-8,10,21H,9H2,1-2H3/b4-3+. The summed E-state index contributed by atoms with van der Waals surface area (Å²) in [6, 6.07) is 4.14. The molecule has 0 unspecified atom stereocenters. The molecule has 2 rings (SSSR count). The molecule has 2 aromatic rings.